The largest absolute Gasteiger partial charge is 0.396 e. The molecule has 5 heteroatoms. The molecular formula is C12H20N4O. The number of hydrogen-bond acceptors (Lipinski definition) is 4. The van der Waals surface area contributed by atoms with Gasteiger partial charge >= 0.3 is 0 Å². The van der Waals surface area contributed by atoms with Crippen LogP contribution in [0.15, 0.2) is 0 Å². The molecule has 1 fully saturated rings. The van der Waals surface area contributed by atoms with Gasteiger partial charge in [0.05, 0.1) is 6.61 Å². The first-order chi connectivity index (χ1) is 8.38. The Morgan fingerprint density at radius 2 is 2.24 bits per heavy atom. The molecule has 3 rings (SSSR count). The molecule has 0 radical (unpaired) electrons. The van der Waals surface area contributed by atoms with Gasteiger partial charge in [-0.05, 0) is 32.2 Å². The molecule has 2 unspecified atom stereocenters. The maximum Gasteiger partial charge on any atom is 0.138 e. The molecule has 0 aliphatic carbocycles. The van der Waals surface area contributed by atoms with E-state index in [0.29, 0.717) is 6.04 Å². The number of aromatic nitrogens is 3. The van der Waals surface area contributed by atoms with Gasteiger partial charge in [-0.15, -0.1) is 10.2 Å². The molecule has 2 aliphatic rings. The lowest BCUT2D eigenvalue weighted by Gasteiger charge is -2.22. The van der Waals surface area contributed by atoms with Crippen molar-refractivity contribution in [2.24, 2.45) is 0 Å². The highest BCUT2D eigenvalue weighted by molar-refractivity contribution is 5.06. The van der Waals surface area contributed by atoms with Crippen molar-refractivity contribution in [2.45, 2.75) is 50.6 Å². The van der Waals surface area contributed by atoms with Crippen LogP contribution in [0.4, 0.5) is 0 Å². The van der Waals surface area contributed by atoms with Gasteiger partial charge in [0.15, 0.2) is 0 Å². The third-order valence-electron chi connectivity index (χ3n) is 3.97. The standard InChI is InChI=1S/C12H20N4O/c17-8-9-3-2-6-16-11(14-15-12(9)16)7-10-4-1-5-13-10/h9-10,13,17H,1-8H2. The van der Waals surface area contributed by atoms with Gasteiger partial charge in [-0.3, -0.25) is 0 Å². The lowest BCUT2D eigenvalue weighted by molar-refractivity contribution is 0.237. The first-order valence-electron chi connectivity index (χ1n) is 6.64. The van der Waals surface area contributed by atoms with Gasteiger partial charge in [0.25, 0.3) is 0 Å². The molecule has 0 aromatic carbocycles. The van der Waals surface area contributed by atoms with Gasteiger partial charge in [-0.25, -0.2) is 0 Å². The summed E-state index contributed by atoms with van der Waals surface area (Å²) in [6, 6.07) is 0.567. The van der Waals surface area contributed by atoms with Crippen LogP contribution in [0.1, 0.15) is 43.3 Å². The van der Waals surface area contributed by atoms with E-state index in [1.54, 1.807) is 0 Å². The molecule has 0 saturated carbocycles. The van der Waals surface area contributed by atoms with Gasteiger partial charge in [-0.1, -0.05) is 0 Å². The monoisotopic (exact) mass is 236 g/mol. The van der Waals surface area contributed by atoms with E-state index in [1.165, 1.54) is 12.8 Å². The van der Waals surface area contributed by atoms with Crippen LogP contribution in [0, 0.1) is 0 Å². The molecular weight excluding hydrogens is 216 g/mol. The summed E-state index contributed by atoms with van der Waals surface area (Å²) in [6.45, 7) is 2.34. The number of nitrogens with zero attached hydrogens (tertiary/aromatic N) is 3. The summed E-state index contributed by atoms with van der Waals surface area (Å²) in [7, 11) is 0. The topological polar surface area (TPSA) is 63.0 Å². The number of fused-ring (bicyclic) bond motifs is 1. The molecule has 2 atom stereocenters. The van der Waals surface area contributed by atoms with Crippen LogP contribution >= 0.6 is 0 Å². The third kappa shape index (κ3) is 2.09. The Bertz CT molecular complexity index is 384. The van der Waals surface area contributed by atoms with E-state index in [0.717, 1.165) is 44.0 Å². The molecule has 0 bridgehead atoms. The summed E-state index contributed by atoms with van der Waals surface area (Å²) in [4.78, 5) is 0. The Morgan fingerprint density at radius 3 is 3.00 bits per heavy atom. The Balaban J connectivity index is 1.79. The maximum atomic E-state index is 9.34. The van der Waals surface area contributed by atoms with Crippen LogP contribution in [0.5, 0.6) is 0 Å². The number of aliphatic hydroxyl groups is 1. The van der Waals surface area contributed by atoms with Crippen molar-refractivity contribution in [3.05, 3.63) is 11.6 Å². The first-order valence-corrected chi connectivity index (χ1v) is 6.64. The summed E-state index contributed by atoms with van der Waals surface area (Å²) in [5.41, 5.74) is 0. The zero-order valence-corrected chi connectivity index (χ0v) is 10.1. The van der Waals surface area contributed by atoms with E-state index >= 15 is 0 Å². The van der Waals surface area contributed by atoms with Gasteiger partial charge in [0.2, 0.25) is 0 Å². The highest BCUT2D eigenvalue weighted by Crippen LogP contribution is 2.26. The van der Waals surface area contributed by atoms with E-state index in [-0.39, 0.29) is 12.5 Å². The van der Waals surface area contributed by atoms with E-state index < -0.39 is 0 Å². The minimum atomic E-state index is 0.194. The molecule has 3 heterocycles. The van der Waals surface area contributed by atoms with Crippen molar-refractivity contribution in [1.82, 2.24) is 20.1 Å². The number of rotatable bonds is 3. The van der Waals surface area contributed by atoms with Gasteiger partial charge in [0.1, 0.15) is 11.6 Å². The Hall–Kier alpha value is -0.940. The molecule has 94 valence electrons. The molecule has 5 nitrogen and oxygen atoms in total. The average molecular weight is 236 g/mol. The lowest BCUT2D eigenvalue weighted by Crippen LogP contribution is -2.27. The second-order valence-electron chi connectivity index (χ2n) is 5.15. The SMILES string of the molecule is OCC1CCCn2c(CC3CCCN3)nnc21. The normalized spacial score (nSPS) is 28.3. The number of hydrogen-bond donors (Lipinski definition) is 2. The zero-order valence-electron chi connectivity index (χ0n) is 10.1. The molecule has 0 spiro atoms. The van der Waals surface area contributed by atoms with Crippen molar-refractivity contribution in [3.8, 4) is 0 Å². The van der Waals surface area contributed by atoms with Crippen LogP contribution < -0.4 is 5.32 Å². The highest BCUT2D eigenvalue weighted by atomic mass is 16.3. The summed E-state index contributed by atoms with van der Waals surface area (Å²) in [6.07, 6.45) is 5.65. The van der Waals surface area contributed by atoms with Crippen LogP contribution in [0.2, 0.25) is 0 Å². The fourth-order valence-electron chi connectivity index (χ4n) is 2.99. The van der Waals surface area contributed by atoms with E-state index in [9.17, 15) is 5.11 Å². The quantitative estimate of drug-likeness (QED) is 0.799. The summed E-state index contributed by atoms with van der Waals surface area (Å²) in [5.74, 6) is 2.28. The maximum absolute atomic E-state index is 9.34. The van der Waals surface area contributed by atoms with E-state index in [4.69, 9.17) is 0 Å². The Morgan fingerprint density at radius 1 is 1.29 bits per heavy atom. The molecule has 1 aromatic rings. The fraction of sp³-hybridized carbons (Fsp3) is 0.833. The van der Waals surface area contributed by atoms with Crippen LogP contribution in [0.25, 0.3) is 0 Å². The molecule has 1 saturated heterocycles. The van der Waals surface area contributed by atoms with Crippen molar-refractivity contribution < 1.29 is 5.11 Å². The van der Waals surface area contributed by atoms with Gasteiger partial charge in [-0.2, -0.15) is 0 Å². The van der Waals surface area contributed by atoms with Crippen molar-refractivity contribution in [1.29, 1.82) is 0 Å². The molecule has 17 heavy (non-hydrogen) atoms. The summed E-state index contributed by atoms with van der Waals surface area (Å²) in [5, 5.41) is 21.4. The van der Waals surface area contributed by atoms with E-state index in [2.05, 4.69) is 20.1 Å². The third-order valence-corrected chi connectivity index (χ3v) is 3.97. The van der Waals surface area contributed by atoms with Crippen molar-refractivity contribution in [3.63, 3.8) is 0 Å². The number of nitrogens with one attached hydrogen (secondary N) is 1. The molecule has 0 amide bonds. The predicted octanol–water partition coefficient (Wildman–Crippen LogP) is 0.442. The summed E-state index contributed by atoms with van der Waals surface area (Å²) < 4.78 is 2.23. The second kappa shape index (κ2) is 4.74. The Labute approximate surface area is 101 Å². The smallest absolute Gasteiger partial charge is 0.138 e. The van der Waals surface area contributed by atoms with Crippen LogP contribution in [-0.4, -0.2) is 39.1 Å². The molecule has 2 N–H and O–H groups in total. The van der Waals surface area contributed by atoms with Gasteiger partial charge < -0.3 is 15.0 Å². The van der Waals surface area contributed by atoms with Crippen LogP contribution in [-0.2, 0) is 13.0 Å². The predicted molar refractivity (Wildman–Crippen MR) is 63.8 cm³/mol. The second-order valence-corrected chi connectivity index (χ2v) is 5.15. The fourth-order valence-corrected chi connectivity index (χ4v) is 2.99. The van der Waals surface area contributed by atoms with Crippen molar-refractivity contribution in [2.75, 3.05) is 13.2 Å². The minimum Gasteiger partial charge on any atom is -0.396 e. The van der Waals surface area contributed by atoms with Gasteiger partial charge in [0, 0.05) is 24.9 Å². The number of aliphatic hydroxyl groups excluding tert-OH is 1. The zero-order chi connectivity index (χ0) is 11.7. The molecule has 2 aliphatic heterocycles. The Kier molecular flexibility index (Phi) is 3.11. The molecule has 1 aromatic heterocycles. The minimum absolute atomic E-state index is 0.194. The summed E-state index contributed by atoms with van der Waals surface area (Å²) >= 11 is 0. The van der Waals surface area contributed by atoms with Crippen molar-refractivity contribution >= 4 is 0 Å². The van der Waals surface area contributed by atoms with Crippen LogP contribution in [0.3, 0.4) is 0 Å². The first kappa shape index (κ1) is 11.2. The average Bonchev–Trinajstić information content (AvgIpc) is 2.99. The lowest BCUT2D eigenvalue weighted by atomic mass is 10.00. The highest BCUT2D eigenvalue weighted by Gasteiger charge is 2.26. The van der Waals surface area contributed by atoms with E-state index in [1.807, 2.05) is 0 Å².